The molecule has 0 radical (unpaired) electrons. The largest absolute Gasteiger partial charge is 0.332 e. The highest BCUT2D eigenvalue weighted by Crippen LogP contribution is 2.19. The van der Waals surface area contributed by atoms with Crippen LogP contribution in [0.15, 0.2) is 48.5 Å². The van der Waals surface area contributed by atoms with Gasteiger partial charge in [0.25, 0.3) is 0 Å². The van der Waals surface area contributed by atoms with Gasteiger partial charge in [-0.15, -0.1) is 0 Å². The molecule has 2 rings (SSSR count). The van der Waals surface area contributed by atoms with E-state index in [1.807, 2.05) is 0 Å². The predicted molar refractivity (Wildman–Crippen MR) is 99.8 cm³/mol. The lowest BCUT2D eigenvalue weighted by molar-refractivity contribution is 0.234. The van der Waals surface area contributed by atoms with Gasteiger partial charge in [-0.1, -0.05) is 30.3 Å². The Hall–Kier alpha value is -2.61. The van der Waals surface area contributed by atoms with Gasteiger partial charge in [0.15, 0.2) is 0 Å². The molecule has 0 aromatic heterocycles. The van der Waals surface area contributed by atoms with Crippen molar-refractivity contribution in [2.75, 3.05) is 11.0 Å². The van der Waals surface area contributed by atoms with Crippen LogP contribution >= 0.6 is 0 Å². The Balaban J connectivity index is 2.01. The standard InChI is InChI=1S/C18H22FN3O3S/c1-12(14-7-6-8-15(11-14)22-26(3,24)25)20-18(23)21-13(2)16-9-4-5-10-17(16)19/h4-13,22H,1-3H3,(H2,20,21,23)/t12-,13+/m1/s1. The van der Waals surface area contributed by atoms with E-state index >= 15 is 0 Å². The average molecular weight is 379 g/mol. The van der Waals surface area contributed by atoms with Crippen LogP contribution in [0.4, 0.5) is 14.9 Å². The molecular weight excluding hydrogens is 357 g/mol. The lowest BCUT2D eigenvalue weighted by Crippen LogP contribution is -2.38. The summed E-state index contributed by atoms with van der Waals surface area (Å²) >= 11 is 0. The lowest BCUT2D eigenvalue weighted by atomic mass is 10.1. The molecule has 140 valence electrons. The average Bonchev–Trinajstić information content (AvgIpc) is 2.53. The molecule has 0 unspecified atom stereocenters. The Bertz CT molecular complexity index is 887. The molecule has 26 heavy (non-hydrogen) atoms. The first-order chi connectivity index (χ1) is 12.2. The molecule has 0 saturated carbocycles. The monoisotopic (exact) mass is 379 g/mol. The number of nitrogens with one attached hydrogen (secondary N) is 3. The summed E-state index contributed by atoms with van der Waals surface area (Å²) < 4.78 is 38.8. The van der Waals surface area contributed by atoms with E-state index in [0.717, 1.165) is 11.8 Å². The van der Waals surface area contributed by atoms with E-state index in [1.165, 1.54) is 6.07 Å². The van der Waals surface area contributed by atoms with Crippen LogP contribution in [0.5, 0.6) is 0 Å². The van der Waals surface area contributed by atoms with E-state index in [-0.39, 0.29) is 11.9 Å². The van der Waals surface area contributed by atoms with Gasteiger partial charge in [0.2, 0.25) is 10.0 Å². The highest BCUT2D eigenvalue weighted by atomic mass is 32.2. The fraction of sp³-hybridized carbons (Fsp3) is 0.278. The van der Waals surface area contributed by atoms with Crippen LogP contribution in [0, 0.1) is 5.82 Å². The van der Waals surface area contributed by atoms with Gasteiger partial charge in [-0.05, 0) is 37.6 Å². The van der Waals surface area contributed by atoms with E-state index in [9.17, 15) is 17.6 Å². The number of carbonyl (C=O) groups excluding carboxylic acids is 1. The Morgan fingerprint density at radius 1 is 1.00 bits per heavy atom. The van der Waals surface area contributed by atoms with Crippen molar-refractivity contribution in [3.05, 3.63) is 65.5 Å². The van der Waals surface area contributed by atoms with Crippen molar-refractivity contribution in [2.45, 2.75) is 25.9 Å². The third kappa shape index (κ3) is 5.73. The Kier molecular flexibility index (Phi) is 6.20. The molecule has 2 amide bonds. The first-order valence-electron chi connectivity index (χ1n) is 8.05. The van der Waals surface area contributed by atoms with E-state index in [2.05, 4.69) is 15.4 Å². The summed E-state index contributed by atoms with van der Waals surface area (Å²) in [6.45, 7) is 3.46. The zero-order valence-electron chi connectivity index (χ0n) is 14.8. The first-order valence-corrected chi connectivity index (χ1v) is 9.94. The van der Waals surface area contributed by atoms with Gasteiger partial charge in [-0.3, -0.25) is 4.72 Å². The summed E-state index contributed by atoms with van der Waals surface area (Å²) in [6.07, 6.45) is 1.07. The van der Waals surface area contributed by atoms with Crippen LogP contribution < -0.4 is 15.4 Å². The number of amides is 2. The Morgan fingerprint density at radius 3 is 2.31 bits per heavy atom. The fourth-order valence-corrected chi connectivity index (χ4v) is 3.06. The second-order valence-electron chi connectivity index (χ2n) is 6.08. The number of sulfonamides is 1. The highest BCUT2D eigenvalue weighted by molar-refractivity contribution is 7.92. The topological polar surface area (TPSA) is 87.3 Å². The molecule has 0 saturated heterocycles. The summed E-state index contributed by atoms with van der Waals surface area (Å²) in [4.78, 5) is 12.2. The zero-order valence-corrected chi connectivity index (χ0v) is 15.6. The van der Waals surface area contributed by atoms with Crippen molar-refractivity contribution in [2.24, 2.45) is 0 Å². The van der Waals surface area contributed by atoms with Crippen molar-refractivity contribution in [3.63, 3.8) is 0 Å². The molecule has 6 nitrogen and oxygen atoms in total. The van der Waals surface area contributed by atoms with Gasteiger partial charge in [0, 0.05) is 11.3 Å². The molecule has 0 heterocycles. The van der Waals surface area contributed by atoms with Crippen LogP contribution in [0.25, 0.3) is 0 Å². The molecule has 0 fully saturated rings. The minimum absolute atomic E-state index is 0.371. The molecule has 0 aliphatic carbocycles. The quantitative estimate of drug-likeness (QED) is 0.719. The predicted octanol–water partition coefficient (Wildman–Crippen LogP) is 3.32. The third-order valence-corrected chi connectivity index (χ3v) is 4.36. The second kappa shape index (κ2) is 8.18. The Morgan fingerprint density at radius 2 is 1.65 bits per heavy atom. The summed E-state index contributed by atoms with van der Waals surface area (Å²) in [7, 11) is -3.38. The molecule has 8 heteroatoms. The molecule has 0 aliphatic heterocycles. The number of carbonyl (C=O) groups is 1. The summed E-state index contributed by atoms with van der Waals surface area (Å²) in [6, 6.07) is 11.7. The molecule has 0 spiro atoms. The third-order valence-electron chi connectivity index (χ3n) is 3.76. The fourth-order valence-electron chi connectivity index (χ4n) is 2.51. The van der Waals surface area contributed by atoms with E-state index in [1.54, 1.807) is 56.3 Å². The van der Waals surface area contributed by atoms with Gasteiger partial charge < -0.3 is 10.6 Å². The molecule has 2 atom stereocenters. The molecule has 3 N–H and O–H groups in total. The van der Waals surface area contributed by atoms with Crippen molar-refractivity contribution in [1.82, 2.24) is 10.6 Å². The van der Waals surface area contributed by atoms with Crippen LogP contribution in [-0.4, -0.2) is 20.7 Å². The number of anilines is 1. The normalized spacial score (nSPS) is 13.5. The molecule has 0 bridgehead atoms. The van der Waals surface area contributed by atoms with Crippen molar-refractivity contribution >= 4 is 21.7 Å². The number of hydrogen-bond donors (Lipinski definition) is 3. The highest BCUT2D eigenvalue weighted by Gasteiger charge is 2.15. The first kappa shape index (κ1) is 19.7. The maximum Gasteiger partial charge on any atom is 0.315 e. The Labute approximate surface area is 152 Å². The smallest absolute Gasteiger partial charge is 0.315 e. The van der Waals surface area contributed by atoms with Crippen LogP contribution in [0.1, 0.15) is 37.1 Å². The number of halogens is 1. The van der Waals surface area contributed by atoms with Gasteiger partial charge in [-0.25, -0.2) is 17.6 Å². The zero-order chi connectivity index (χ0) is 19.3. The van der Waals surface area contributed by atoms with Crippen molar-refractivity contribution < 1.29 is 17.6 Å². The van der Waals surface area contributed by atoms with Crippen molar-refractivity contribution in [1.29, 1.82) is 0 Å². The van der Waals surface area contributed by atoms with Gasteiger partial charge in [0.1, 0.15) is 5.82 Å². The van der Waals surface area contributed by atoms with E-state index < -0.39 is 22.1 Å². The number of hydrogen-bond acceptors (Lipinski definition) is 3. The van der Waals surface area contributed by atoms with Crippen molar-refractivity contribution in [3.8, 4) is 0 Å². The van der Waals surface area contributed by atoms with Crippen LogP contribution in [0.2, 0.25) is 0 Å². The number of benzene rings is 2. The summed E-state index contributed by atoms with van der Waals surface area (Å²) in [5.74, 6) is -0.382. The maximum absolute atomic E-state index is 13.8. The van der Waals surface area contributed by atoms with Gasteiger partial charge >= 0.3 is 6.03 Å². The maximum atomic E-state index is 13.8. The van der Waals surface area contributed by atoms with Gasteiger partial charge in [0.05, 0.1) is 18.3 Å². The lowest BCUT2D eigenvalue weighted by Gasteiger charge is -2.19. The van der Waals surface area contributed by atoms with E-state index in [4.69, 9.17) is 0 Å². The molecule has 0 aliphatic rings. The number of urea groups is 1. The molecule has 2 aromatic carbocycles. The summed E-state index contributed by atoms with van der Waals surface area (Å²) in [5.41, 5.74) is 1.54. The van der Waals surface area contributed by atoms with Crippen LogP contribution in [0.3, 0.4) is 0 Å². The minimum atomic E-state index is -3.38. The second-order valence-corrected chi connectivity index (χ2v) is 7.83. The van der Waals surface area contributed by atoms with E-state index in [0.29, 0.717) is 11.3 Å². The molecular formula is C18H22FN3O3S. The minimum Gasteiger partial charge on any atom is -0.332 e. The van der Waals surface area contributed by atoms with Crippen LogP contribution in [-0.2, 0) is 10.0 Å². The van der Waals surface area contributed by atoms with Gasteiger partial charge in [-0.2, -0.15) is 0 Å². The molecule has 2 aromatic rings. The SMILES string of the molecule is C[C@H](NC(=O)N[C@H](C)c1cccc(NS(C)(=O)=O)c1)c1ccccc1F. The summed E-state index contributed by atoms with van der Waals surface area (Å²) in [5, 5.41) is 5.45. The number of rotatable bonds is 6.